The quantitative estimate of drug-likeness (QED) is 0.838. The van der Waals surface area contributed by atoms with Crippen molar-refractivity contribution in [1.29, 1.82) is 0 Å². The zero-order valence-electron chi connectivity index (χ0n) is 13.7. The molecular formula is C17H23F3N2OS. The standard InChI is InChI=1S/C17H23F3N2OS/c1-13-6-8-22(9-7-13)11-15-4-2-14(3-5-15)10-21-16(23)12-24-17(18,19)20/h2-5,13H,6-12H2,1H3,(H,21,23). The van der Waals surface area contributed by atoms with Crippen LogP contribution in [0.2, 0.25) is 0 Å². The van der Waals surface area contributed by atoms with Gasteiger partial charge in [0.15, 0.2) is 0 Å². The highest BCUT2D eigenvalue weighted by atomic mass is 32.2. The molecule has 1 aromatic carbocycles. The van der Waals surface area contributed by atoms with Gasteiger partial charge in [0.05, 0.1) is 5.75 Å². The molecule has 24 heavy (non-hydrogen) atoms. The lowest BCUT2D eigenvalue weighted by Gasteiger charge is -2.30. The maximum absolute atomic E-state index is 12.0. The largest absolute Gasteiger partial charge is 0.442 e. The average molecular weight is 360 g/mol. The molecule has 7 heteroatoms. The van der Waals surface area contributed by atoms with Crippen molar-refractivity contribution in [3.63, 3.8) is 0 Å². The predicted molar refractivity (Wildman–Crippen MR) is 90.5 cm³/mol. The molecule has 0 spiro atoms. The Morgan fingerprint density at radius 3 is 2.38 bits per heavy atom. The van der Waals surface area contributed by atoms with Gasteiger partial charge in [0.2, 0.25) is 5.91 Å². The van der Waals surface area contributed by atoms with Crippen LogP contribution in [0.3, 0.4) is 0 Å². The molecule has 1 saturated heterocycles. The summed E-state index contributed by atoms with van der Waals surface area (Å²) in [4.78, 5) is 13.8. The number of benzene rings is 1. The molecule has 1 amide bonds. The third kappa shape index (κ3) is 7.13. The number of carbonyl (C=O) groups excluding carboxylic acids is 1. The summed E-state index contributed by atoms with van der Waals surface area (Å²) >= 11 is -0.319. The zero-order valence-corrected chi connectivity index (χ0v) is 14.6. The normalized spacial score (nSPS) is 17.0. The Morgan fingerprint density at radius 1 is 1.21 bits per heavy atom. The monoisotopic (exact) mass is 360 g/mol. The first-order valence-electron chi connectivity index (χ1n) is 8.09. The van der Waals surface area contributed by atoms with Crippen molar-refractivity contribution in [2.24, 2.45) is 5.92 Å². The number of piperidine rings is 1. The predicted octanol–water partition coefficient (Wildman–Crippen LogP) is 3.79. The van der Waals surface area contributed by atoms with Crippen LogP contribution in [-0.4, -0.2) is 35.2 Å². The van der Waals surface area contributed by atoms with Gasteiger partial charge < -0.3 is 5.32 Å². The maximum atomic E-state index is 12.0. The molecule has 1 heterocycles. The van der Waals surface area contributed by atoms with E-state index >= 15 is 0 Å². The SMILES string of the molecule is CC1CCN(Cc2ccc(CNC(=O)CSC(F)(F)F)cc2)CC1. The minimum Gasteiger partial charge on any atom is -0.351 e. The van der Waals surface area contributed by atoms with E-state index in [9.17, 15) is 18.0 Å². The van der Waals surface area contributed by atoms with Gasteiger partial charge in [-0.3, -0.25) is 9.69 Å². The van der Waals surface area contributed by atoms with Crippen LogP contribution in [0.15, 0.2) is 24.3 Å². The molecule has 1 aromatic rings. The van der Waals surface area contributed by atoms with Crippen molar-refractivity contribution in [3.05, 3.63) is 35.4 Å². The van der Waals surface area contributed by atoms with Crippen molar-refractivity contribution in [1.82, 2.24) is 10.2 Å². The van der Waals surface area contributed by atoms with Gasteiger partial charge in [-0.2, -0.15) is 13.2 Å². The highest BCUT2D eigenvalue weighted by molar-refractivity contribution is 8.00. The third-order valence-corrected chi connectivity index (χ3v) is 4.90. The summed E-state index contributed by atoms with van der Waals surface area (Å²) in [5, 5.41) is 2.51. The van der Waals surface area contributed by atoms with E-state index in [1.165, 1.54) is 18.4 Å². The molecule has 0 radical (unpaired) electrons. The van der Waals surface area contributed by atoms with Crippen LogP contribution in [0.1, 0.15) is 30.9 Å². The second-order valence-electron chi connectivity index (χ2n) is 6.29. The Morgan fingerprint density at radius 2 is 1.79 bits per heavy atom. The van der Waals surface area contributed by atoms with Gasteiger partial charge in [-0.05, 0) is 54.7 Å². The molecular weight excluding hydrogens is 337 g/mol. The number of thioether (sulfide) groups is 1. The number of amides is 1. The van der Waals surface area contributed by atoms with Crippen molar-refractivity contribution in [3.8, 4) is 0 Å². The number of nitrogens with one attached hydrogen (secondary N) is 1. The average Bonchev–Trinajstić information content (AvgIpc) is 2.54. The summed E-state index contributed by atoms with van der Waals surface area (Å²) in [6, 6.07) is 7.87. The maximum Gasteiger partial charge on any atom is 0.442 e. The lowest BCUT2D eigenvalue weighted by molar-refractivity contribution is -0.119. The zero-order chi connectivity index (χ0) is 17.6. The third-order valence-electron chi connectivity index (χ3n) is 4.16. The number of hydrogen-bond donors (Lipinski definition) is 1. The molecule has 0 bridgehead atoms. The van der Waals surface area contributed by atoms with E-state index in [0.717, 1.165) is 31.1 Å². The number of halogens is 3. The summed E-state index contributed by atoms with van der Waals surface area (Å²) in [6.45, 7) is 5.69. The second-order valence-corrected chi connectivity index (χ2v) is 7.33. The Bertz CT molecular complexity index is 526. The first-order chi connectivity index (χ1) is 11.3. The van der Waals surface area contributed by atoms with E-state index in [4.69, 9.17) is 0 Å². The summed E-state index contributed by atoms with van der Waals surface area (Å²) < 4.78 is 36.0. The van der Waals surface area contributed by atoms with E-state index in [-0.39, 0.29) is 18.3 Å². The van der Waals surface area contributed by atoms with Gasteiger partial charge in [-0.15, -0.1) is 0 Å². The molecule has 134 valence electrons. The number of nitrogens with zero attached hydrogens (tertiary/aromatic N) is 1. The molecule has 0 atom stereocenters. The van der Waals surface area contributed by atoms with Crippen LogP contribution in [0.25, 0.3) is 0 Å². The summed E-state index contributed by atoms with van der Waals surface area (Å²) in [5.41, 5.74) is -2.27. The molecule has 0 unspecified atom stereocenters. The fraction of sp³-hybridized carbons (Fsp3) is 0.588. The van der Waals surface area contributed by atoms with Crippen molar-refractivity contribution in [2.45, 2.75) is 38.4 Å². The molecule has 1 N–H and O–H groups in total. The Balaban J connectivity index is 1.72. The van der Waals surface area contributed by atoms with Crippen LogP contribution >= 0.6 is 11.8 Å². The molecule has 1 aliphatic heterocycles. The fourth-order valence-electron chi connectivity index (χ4n) is 2.64. The van der Waals surface area contributed by atoms with Crippen molar-refractivity contribution in [2.75, 3.05) is 18.8 Å². The molecule has 1 fully saturated rings. The van der Waals surface area contributed by atoms with Crippen LogP contribution in [-0.2, 0) is 17.9 Å². The number of rotatable bonds is 6. The van der Waals surface area contributed by atoms with E-state index < -0.39 is 17.2 Å². The summed E-state index contributed by atoms with van der Waals surface area (Å²) in [7, 11) is 0. The van der Waals surface area contributed by atoms with E-state index in [1.54, 1.807) is 0 Å². The van der Waals surface area contributed by atoms with E-state index in [0.29, 0.717) is 0 Å². The number of hydrogen-bond acceptors (Lipinski definition) is 3. The highest BCUT2D eigenvalue weighted by Crippen LogP contribution is 2.29. The second kappa shape index (κ2) is 8.76. The number of alkyl halides is 3. The summed E-state index contributed by atoms with van der Waals surface area (Å²) in [5.74, 6) is -0.402. The smallest absolute Gasteiger partial charge is 0.351 e. The minimum absolute atomic E-state index is 0.249. The van der Waals surface area contributed by atoms with Crippen LogP contribution in [0, 0.1) is 5.92 Å². The number of carbonyl (C=O) groups is 1. The molecule has 0 saturated carbocycles. The highest BCUT2D eigenvalue weighted by Gasteiger charge is 2.29. The number of likely N-dealkylation sites (tertiary alicyclic amines) is 1. The van der Waals surface area contributed by atoms with Gasteiger partial charge in [0, 0.05) is 13.1 Å². The van der Waals surface area contributed by atoms with Gasteiger partial charge in [-0.1, -0.05) is 31.2 Å². The van der Waals surface area contributed by atoms with Gasteiger partial charge in [0.25, 0.3) is 0 Å². The molecule has 2 rings (SSSR count). The first-order valence-corrected chi connectivity index (χ1v) is 9.08. The first kappa shape index (κ1) is 19.1. The van der Waals surface area contributed by atoms with Crippen LogP contribution in [0.5, 0.6) is 0 Å². The van der Waals surface area contributed by atoms with E-state index in [2.05, 4.69) is 17.1 Å². The van der Waals surface area contributed by atoms with Crippen LogP contribution < -0.4 is 5.32 Å². The van der Waals surface area contributed by atoms with Gasteiger partial charge in [0.1, 0.15) is 0 Å². The van der Waals surface area contributed by atoms with Crippen molar-refractivity contribution >= 4 is 17.7 Å². The van der Waals surface area contributed by atoms with Gasteiger partial charge >= 0.3 is 5.51 Å². The fourth-order valence-corrected chi connectivity index (χ4v) is 3.04. The van der Waals surface area contributed by atoms with Gasteiger partial charge in [-0.25, -0.2) is 0 Å². The Labute approximate surface area is 145 Å². The minimum atomic E-state index is -4.37. The molecule has 0 aromatic heterocycles. The lowest BCUT2D eigenvalue weighted by Crippen LogP contribution is -2.32. The summed E-state index contributed by atoms with van der Waals surface area (Å²) in [6.07, 6.45) is 2.47. The molecule has 0 aliphatic carbocycles. The lowest BCUT2D eigenvalue weighted by atomic mass is 9.99. The topological polar surface area (TPSA) is 32.3 Å². The van der Waals surface area contributed by atoms with E-state index in [1.807, 2.05) is 24.3 Å². The van der Waals surface area contributed by atoms with Crippen molar-refractivity contribution < 1.29 is 18.0 Å². The Kier molecular flexibility index (Phi) is 6.98. The molecule has 3 nitrogen and oxygen atoms in total. The van der Waals surface area contributed by atoms with Crippen LogP contribution in [0.4, 0.5) is 13.2 Å². The Hall–Kier alpha value is -1.21. The molecule has 1 aliphatic rings.